The number of hydrogen-bond donors (Lipinski definition) is 2. The number of amides is 2. The van der Waals surface area contributed by atoms with Gasteiger partial charge in [-0.3, -0.25) is 33.9 Å². The van der Waals surface area contributed by atoms with Crippen molar-refractivity contribution >= 4 is 31.0 Å². The van der Waals surface area contributed by atoms with Gasteiger partial charge in [-0.15, -0.1) is 0 Å². The van der Waals surface area contributed by atoms with Gasteiger partial charge in [-0.1, -0.05) is 24.3 Å². The Kier molecular flexibility index (Phi) is 10.2. The molecule has 3 aliphatic heterocycles. The maximum absolute atomic E-state index is 15.1. The van der Waals surface area contributed by atoms with Crippen LogP contribution in [0.4, 0.5) is 11.4 Å². The second-order valence-corrected chi connectivity index (χ2v) is 15.4. The first-order valence-electron chi connectivity index (χ1n) is 18.4. The Balaban J connectivity index is 1.19. The molecule has 2 N–H and O–H groups in total. The number of ether oxygens (including phenoxy) is 3. The van der Waals surface area contributed by atoms with Crippen molar-refractivity contribution in [2.24, 2.45) is 14.1 Å². The quantitative estimate of drug-likeness (QED) is 0.197. The Hall–Kier alpha value is -5.44. The molecule has 15 nitrogen and oxygen atoms in total. The Bertz CT molecular complexity index is 2330. The first-order valence-corrected chi connectivity index (χ1v) is 19.9. The summed E-state index contributed by atoms with van der Waals surface area (Å²) in [5, 5.41) is 4.28. The summed E-state index contributed by atoms with van der Waals surface area (Å²) in [4.78, 5) is 54.2. The van der Waals surface area contributed by atoms with E-state index in [0.29, 0.717) is 90.5 Å². The van der Waals surface area contributed by atoms with Crippen LogP contribution in [0.1, 0.15) is 37.5 Å². The van der Waals surface area contributed by atoms with Crippen molar-refractivity contribution in [3.63, 3.8) is 0 Å². The van der Waals surface area contributed by atoms with E-state index >= 15 is 4.79 Å². The second-order valence-electron chi connectivity index (χ2n) is 14.2. The van der Waals surface area contributed by atoms with E-state index in [1.807, 2.05) is 41.6 Å². The molecule has 2 amide bonds. The summed E-state index contributed by atoms with van der Waals surface area (Å²) in [7, 11) is -1.20. The predicted molar refractivity (Wildman–Crippen MR) is 206 cm³/mol. The number of fused-ring (bicyclic) bond motifs is 2. The van der Waals surface area contributed by atoms with E-state index in [4.69, 9.17) is 18.7 Å². The molecule has 16 heteroatoms. The maximum Gasteiger partial charge on any atom is 0.524 e. The zero-order chi connectivity index (χ0) is 39.1. The standard InChI is InChI=1S/C40H43N6O9P/c1-26-33(40(48)46(31-22-41-42(2)24-31)29-8-10-32(11-9-29)55-56(49,50)51)19-36(43(26)3)34-20-37-38(54-17-16-53-37)21-35(34)39(47)45-23-28-7-5-4-6-27(28)18-30(45)25-44-12-14-52-15-13-44/h4-11,19-22,24,30H,12-18,23,25H2,1-3H3,(H2,49,50,51)/t30-/m0/s1. The van der Waals surface area contributed by atoms with Crippen molar-refractivity contribution in [1.29, 1.82) is 0 Å². The average Bonchev–Trinajstić information content (AvgIpc) is 3.75. The third-order valence-corrected chi connectivity index (χ3v) is 11.1. The van der Waals surface area contributed by atoms with E-state index < -0.39 is 7.82 Å². The van der Waals surface area contributed by atoms with E-state index in [2.05, 4.69) is 22.1 Å². The number of carbonyl (C=O) groups is 2. The summed E-state index contributed by atoms with van der Waals surface area (Å²) in [5.41, 5.74) is 5.90. The Labute approximate surface area is 323 Å². The second kappa shape index (κ2) is 15.2. The fourth-order valence-corrected chi connectivity index (χ4v) is 8.09. The number of aryl methyl sites for hydroxylation is 1. The van der Waals surface area contributed by atoms with Crippen LogP contribution in [0.2, 0.25) is 0 Å². The van der Waals surface area contributed by atoms with Gasteiger partial charge in [-0.05, 0) is 66.9 Å². The molecule has 0 saturated carbocycles. The molecule has 0 aliphatic carbocycles. The molecule has 0 unspecified atom stereocenters. The third-order valence-electron chi connectivity index (χ3n) is 10.6. The lowest BCUT2D eigenvalue weighted by Gasteiger charge is -2.40. The molecule has 1 fully saturated rings. The number of rotatable bonds is 9. The van der Waals surface area contributed by atoms with Crippen molar-refractivity contribution in [2.75, 3.05) is 51.0 Å². The maximum atomic E-state index is 15.1. The number of phosphoric acid groups is 1. The van der Waals surface area contributed by atoms with Crippen molar-refractivity contribution in [3.05, 3.63) is 107 Å². The summed E-state index contributed by atoms with van der Waals surface area (Å²) in [6, 6.07) is 19.4. The molecule has 3 aromatic carbocycles. The minimum absolute atomic E-state index is 0.0565. The number of nitrogens with zero attached hydrogens (tertiary/aromatic N) is 6. The highest BCUT2D eigenvalue weighted by Crippen LogP contribution is 2.42. The van der Waals surface area contributed by atoms with E-state index in [1.54, 1.807) is 36.3 Å². The minimum atomic E-state index is -4.79. The lowest BCUT2D eigenvalue weighted by Crippen LogP contribution is -2.52. The van der Waals surface area contributed by atoms with Gasteiger partial charge in [0.15, 0.2) is 11.5 Å². The van der Waals surface area contributed by atoms with Crippen LogP contribution in [0.15, 0.2) is 79.1 Å². The molecule has 1 atom stereocenters. The van der Waals surface area contributed by atoms with Crippen molar-refractivity contribution in [2.45, 2.75) is 25.9 Å². The van der Waals surface area contributed by atoms with Crippen LogP contribution in [-0.4, -0.2) is 97.9 Å². The van der Waals surface area contributed by atoms with Gasteiger partial charge in [-0.2, -0.15) is 5.10 Å². The molecule has 292 valence electrons. The predicted octanol–water partition coefficient (Wildman–Crippen LogP) is 4.85. The Morgan fingerprint density at radius 2 is 1.61 bits per heavy atom. The highest BCUT2D eigenvalue weighted by Gasteiger charge is 2.35. The van der Waals surface area contributed by atoms with Gasteiger partial charge in [0.2, 0.25) is 0 Å². The molecule has 0 radical (unpaired) electrons. The van der Waals surface area contributed by atoms with Crippen molar-refractivity contribution in [1.82, 2.24) is 24.1 Å². The lowest BCUT2D eigenvalue weighted by molar-refractivity contribution is 0.0193. The van der Waals surface area contributed by atoms with E-state index in [1.165, 1.54) is 34.7 Å². The number of morpholine rings is 1. The number of aromatic nitrogens is 3. The van der Waals surface area contributed by atoms with Crippen LogP contribution >= 0.6 is 7.82 Å². The van der Waals surface area contributed by atoms with Crippen molar-refractivity contribution < 1.29 is 42.7 Å². The van der Waals surface area contributed by atoms with E-state index in [-0.39, 0.29) is 23.6 Å². The molecule has 0 bridgehead atoms. The third kappa shape index (κ3) is 7.56. The van der Waals surface area contributed by atoms with Crippen LogP contribution in [0, 0.1) is 6.92 Å². The van der Waals surface area contributed by atoms with E-state index in [0.717, 1.165) is 25.1 Å². The summed E-state index contributed by atoms with van der Waals surface area (Å²) in [5.74, 6) is 0.411. The van der Waals surface area contributed by atoms with Crippen molar-refractivity contribution in [3.8, 4) is 28.5 Å². The minimum Gasteiger partial charge on any atom is -0.486 e. The largest absolute Gasteiger partial charge is 0.524 e. The molecular weight excluding hydrogens is 739 g/mol. The monoisotopic (exact) mass is 782 g/mol. The average molecular weight is 783 g/mol. The van der Waals surface area contributed by atoms with Gasteiger partial charge in [0, 0.05) is 75.2 Å². The van der Waals surface area contributed by atoms with Gasteiger partial charge in [-0.25, -0.2) is 4.57 Å². The Morgan fingerprint density at radius 3 is 2.29 bits per heavy atom. The highest BCUT2D eigenvalue weighted by molar-refractivity contribution is 7.46. The van der Waals surface area contributed by atoms with Crippen LogP contribution in [0.3, 0.4) is 0 Å². The summed E-state index contributed by atoms with van der Waals surface area (Å²) in [6.07, 6.45) is 3.97. The van der Waals surface area contributed by atoms with Gasteiger partial charge < -0.3 is 28.2 Å². The van der Waals surface area contributed by atoms with Crippen LogP contribution in [0.25, 0.3) is 11.3 Å². The zero-order valence-corrected chi connectivity index (χ0v) is 32.2. The van der Waals surface area contributed by atoms with Gasteiger partial charge in [0.1, 0.15) is 19.0 Å². The molecule has 5 aromatic rings. The summed E-state index contributed by atoms with van der Waals surface area (Å²) in [6.45, 7) is 6.64. The smallest absolute Gasteiger partial charge is 0.486 e. The number of hydrogen-bond acceptors (Lipinski definition) is 9. The summed E-state index contributed by atoms with van der Waals surface area (Å²) < 4.78 is 37.3. The topological polar surface area (TPSA) is 161 Å². The van der Waals surface area contributed by atoms with E-state index in [9.17, 15) is 19.1 Å². The molecule has 3 aliphatic rings. The lowest BCUT2D eigenvalue weighted by atomic mass is 9.92. The van der Waals surface area contributed by atoms with Gasteiger partial charge in [0.25, 0.3) is 11.8 Å². The molecule has 56 heavy (non-hydrogen) atoms. The summed E-state index contributed by atoms with van der Waals surface area (Å²) >= 11 is 0. The molecule has 0 spiro atoms. The molecular formula is C40H43N6O9P. The normalized spacial score (nSPS) is 17.0. The Morgan fingerprint density at radius 1 is 0.911 bits per heavy atom. The number of anilines is 2. The molecule has 2 aromatic heterocycles. The number of carbonyl (C=O) groups excluding carboxylic acids is 2. The fourth-order valence-electron chi connectivity index (χ4n) is 7.70. The first kappa shape index (κ1) is 37.5. The molecule has 5 heterocycles. The first-order chi connectivity index (χ1) is 26.9. The van der Waals surface area contributed by atoms with Crippen LogP contribution in [-0.2, 0) is 36.4 Å². The van der Waals surface area contributed by atoms with Gasteiger partial charge >= 0.3 is 7.82 Å². The number of benzene rings is 3. The number of phosphoric ester groups is 1. The molecule has 1 saturated heterocycles. The van der Waals surface area contributed by atoms with Crippen LogP contribution in [0.5, 0.6) is 17.2 Å². The molecule has 8 rings (SSSR count). The fraction of sp³-hybridized carbons (Fsp3) is 0.325. The zero-order valence-electron chi connectivity index (χ0n) is 31.3. The van der Waals surface area contributed by atoms with Gasteiger partial charge in [0.05, 0.1) is 36.2 Å². The highest BCUT2D eigenvalue weighted by atomic mass is 31.2. The SMILES string of the molecule is Cc1c(C(=O)N(c2ccc(OP(=O)(O)O)cc2)c2cnn(C)c2)cc(-c2cc3c(cc2C(=O)N2Cc4ccccc4C[C@H]2CN2CCOCC2)OCCO3)n1C. The van der Waals surface area contributed by atoms with Crippen LogP contribution < -0.4 is 18.9 Å².